The van der Waals surface area contributed by atoms with Crippen LogP contribution in [0.25, 0.3) is 0 Å². The van der Waals surface area contributed by atoms with Crippen molar-refractivity contribution >= 4 is 5.78 Å². The lowest BCUT2D eigenvalue weighted by atomic mass is 9.84. The summed E-state index contributed by atoms with van der Waals surface area (Å²) in [5, 5.41) is 0. The maximum atomic E-state index is 13.3. The van der Waals surface area contributed by atoms with Crippen molar-refractivity contribution in [1.29, 1.82) is 0 Å². The summed E-state index contributed by atoms with van der Waals surface area (Å²) >= 11 is 0. The van der Waals surface area contributed by atoms with Crippen LogP contribution in [0.15, 0.2) is 36.4 Å². The van der Waals surface area contributed by atoms with Gasteiger partial charge in [-0.3, -0.25) is 4.79 Å². The van der Waals surface area contributed by atoms with Crippen LogP contribution >= 0.6 is 0 Å². The summed E-state index contributed by atoms with van der Waals surface area (Å²) < 4.78 is 0. The summed E-state index contributed by atoms with van der Waals surface area (Å²) in [6.07, 6.45) is 0.487. The Labute approximate surface area is 166 Å². The average molecular weight is 365 g/mol. The lowest BCUT2D eigenvalue weighted by Gasteiger charge is -2.20. The van der Waals surface area contributed by atoms with Gasteiger partial charge >= 0.3 is 0 Å². The van der Waals surface area contributed by atoms with Gasteiger partial charge in [-0.05, 0) is 63.6 Å². The molecule has 0 aliphatic heterocycles. The van der Waals surface area contributed by atoms with E-state index in [-0.39, 0.29) is 5.78 Å². The van der Waals surface area contributed by atoms with Gasteiger partial charge in [-0.1, -0.05) is 79.7 Å². The summed E-state index contributed by atoms with van der Waals surface area (Å²) in [5.74, 6) is 1.91. The molecule has 0 aliphatic rings. The molecule has 0 saturated carbocycles. The van der Waals surface area contributed by atoms with Gasteiger partial charge in [0, 0.05) is 12.0 Å². The van der Waals surface area contributed by atoms with E-state index in [4.69, 9.17) is 0 Å². The zero-order chi connectivity index (χ0) is 20.3. The molecule has 0 aliphatic carbocycles. The highest BCUT2D eigenvalue weighted by molar-refractivity contribution is 5.98. The fourth-order valence-electron chi connectivity index (χ4n) is 3.68. The van der Waals surface area contributed by atoms with Gasteiger partial charge in [0.15, 0.2) is 5.78 Å². The van der Waals surface area contributed by atoms with Crippen molar-refractivity contribution in [2.75, 3.05) is 0 Å². The van der Waals surface area contributed by atoms with Crippen molar-refractivity contribution in [2.45, 2.75) is 85.5 Å². The summed E-state index contributed by atoms with van der Waals surface area (Å²) in [7, 11) is 0. The van der Waals surface area contributed by atoms with Gasteiger partial charge in [0.25, 0.3) is 0 Å². The zero-order valence-electron chi connectivity index (χ0n) is 18.4. The van der Waals surface area contributed by atoms with Gasteiger partial charge in [-0.2, -0.15) is 0 Å². The minimum Gasteiger partial charge on any atom is -0.294 e. The van der Waals surface area contributed by atoms with Crippen LogP contribution in [-0.4, -0.2) is 5.78 Å². The molecular formula is C26H36O. The zero-order valence-corrected chi connectivity index (χ0v) is 18.4. The Morgan fingerprint density at radius 3 is 1.52 bits per heavy atom. The second kappa shape index (κ2) is 8.87. The molecule has 0 atom stereocenters. The molecule has 0 N–H and O–H groups in total. The Morgan fingerprint density at radius 2 is 1.15 bits per heavy atom. The third-order valence-electron chi connectivity index (χ3n) is 5.46. The van der Waals surface area contributed by atoms with Crippen molar-refractivity contribution in [2.24, 2.45) is 0 Å². The molecule has 0 amide bonds. The van der Waals surface area contributed by atoms with Gasteiger partial charge in [0.2, 0.25) is 0 Å². The van der Waals surface area contributed by atoms with Crippen LogP contribution in [0, 0.1) is 0 Å². The molecule has 1 heteroatoms. The molecule has 27 heavy (non-hydrogen) atoms. The Hall–Kier alpha value is -1.89. The van der Waals surface area contributed by atoms with Gasteiger partial charge in [0.05, 0.1) is 0 Å². The molecule has 2 aromatic carbocycles. The number of hydrogen-bond donors (Lipinski definition) is 0. The first-order chi connectivity index (χ1) is 12.6. The molecule has 0 heterocycles. The molecule has 0 unspecified atom stereocenters. The van der Waals surface area contributed by atoms with Crippen molar-refractivity contribution in [1.82, 2.24) is 0 Å². The maximum Gasteiger partial charge on any atom is 0.167 e. The molecule has 1 nitrogen and oxygen atoms in total. The minimum atomic E-state index is 0.231. The van der Waals surface area contributed by atoms with E-state index in [1.165, 1.54) is 27.8 Å². The van der Waals surface area contributed by atoms with Crippen LogP contribution in [-0.2, 0) is 6.42 Å². The summed E-state index contributed by atoms with van der Waals surface area (Å²) in [6, 6.07) is 13.0. The fourth-order valence-corrected chi connectivity index (χ4v) is 3.68. The van der Waals surface area contributed by atoms with E-state index in [0.717, 1.165) is 5.56 Å². The third-order valence-corrected chi connectivity index (χ3v) is 5.46. The molecule has 146 valence electrons. The minimum absolute atomic E-state index is 0.231. The fraction of sp³-hybridized carbons (Fsp3) is 0.500. The SMILES string of the molecule is CC(C)c1cc(C(=O)Cc2c(C(C)C)cccc2C(C)C)cc(C(C)C)c1. The van der Waals surface area contributed by atoms with Gasteiger partial charge < -0.3 is 0 Å². The number of Topliss-reactive ketones (excluding diaryl/α,β-unsaturated/α-hetero) is 1. The molecular weight excluding hydrogens is 328 g/mol. The number of ketones is 1. The highest BCUT2D eigenvalue weighted by atomic mass is 16.1. The summed E-state index contributed by atoms with van der Waals surface area (Å²) in [4.78, 5) is 13.3. The first kappa shape index (κ1) is 21.4. The van der Waals surface area contributed by atoms with E-state index in [0.29, 0.717) is 30.1 Å². The highest BCUT2D eigenvalue weighted by Gasteiger charge is 2.19. The number of carbonyl (C=O) groups is 1. The first-order valence-electron chi connectivity index (χ1n) is 10.4. The summed E-state index contributed by atoms with van der Waals surface area (Å²) in [5.41, 5.74) is 7.21. The van der Waals surface area contributed by atoms with Gasteiger partial charge in [-0.25, -0.2) is 0 Å². The van der Waals surface area contributed by atoms with Crippen LogP contribution in [0.4, 0.5) is 0 Å². The van der Waals surface area contributed by atoms with Gasteiger partial charge in [0.1, 0.15) is 0 Å². The van der Waals surface area contributed by atoms with Crippen molar-refractivity contribution in [3.63, 3.8) is 0 Å². The van der Waals surface area contributed by atoms with Crippen LogP contribution in [0.5, 0.6) is 0 Å². The molecule has 0 saturated heterocycles. The van der Waals surface area contributed by atoms with Crippen molar-refractivity contribution in [3.05, 3.63) is 69.8 Å². The highest BCUT2D eigenvalue weighted by Crippen LogP contribution is 2.30. The first-order valence-corrected chi connectivity index (χ1v) is 10.4. The lowest BCUT2D eigenvalue weighted by molar-refractivity contribution is 0.0992. The monoisotopic (exact) mass is 364 g/mol. The Morgan fingerprint density at radius 1 is 0.704 bits per heavy atom. The van der Waals surface area contributed by atoms with E-state index in [1.54, 1.807) is 0 Å². The normalized spacial score (nSPS) is 11.9. The number of benzene rings is 2. The maximum absolute atomic E-state index is 13.3. The van der Waals surface area contributed by atoms with E-state index in [2.05, 4.69) is 91.8 Å². The molecule has 0 bridgehead atoms. The molecule has 2 rings (SSSR count). The molecule has 0 radical (unpaired) electrons. The van der Waals surface area contributed by atoms with E-state index < -0.39 is 0 Å². The Balaban J connectivity index is 2.49. The quantitative estimate of drug-likeness (QED) is 0.462. The predicted molar refractivity (Wildman–Crippen MR) is 117 cm³/mol. The molecule has 2 aromatic rings. The molecule has 0 fully saturated rings. The second-order valence-corrected chi connectivity index (χ2v) is 9.02. The largest absolute Gasteiger partial charge is 0.294 e. The lowest BCUT2D eigenvalue weighted by Crippen LogP contribution is -2.11. The molecule has 0 spiro atoms. The molecule has 0 aromatic heterocycles. The van der Waals surface area contributed by atoms with Crippen molar-refractivity contribution in [3.8, 4) is 0 Å². The standard InChI is InChI=1S/C26H36O/c1-16(2)20-12-21(17(3)4)14-22(13-20)26(27)15-25-23(18(5)6)10-9-11-24(25)19(7)8/h9-14,16-19H,15H2,1-8H3. The third kappa shape index (κ3) is 5.09. The van der Waals surface area contributed by atoms with Crippen LogP contribution in [0.1, 0.15) is 117 Å². The number of rotatable bonds is 7. The summed E-state index contributed by atoms with van der Waals surface area (Å²) in [6.45, 7) is 17.6. The second-order valence-electron chi connectivity index (χ2n) is 9.02. The smallest absolute Gasteiger partial charge is 0.167 e. The van der Waals surface area contributed by atoms with E-state index >= 15 is 0 Å². The number of carbonyl (C=O) groups excluding carboxylic acids is 1. The van der Waals surface area contributed by atoms with E-state index in [1.807, 2.05) is 0 Å². The van der Waals surface area contributed by atoms with Crippen LogP contribution in [0.3, 0.4) is 0 Å². The van der Waals surface area contributed by atoms with Crippen LogP contribution < -0.4 is 0 Å². The van der Waals surface area contributed by atoms with Crippen LogP contribution in [0.2, 0.25) is 0 Å². The number of hydrogen-bond acceptors (Lipinski definition) is 1. The van der Waals surface area contributed by atoms with Gasteiger partial charge in [-0.15, -0.1) is 0 Å². The Bertz CT molecular complexity index is 741. The Kier molecular flexibility index (Phi) is 7.03. The van der Waals surface area contributed by atoms with Crippen molar-refractivity contribution < 1.29 is 4.79 Å². The average Bonchev–Trinajstić information content (AvgIpc) is 2.60. The van der Waals surface area contributed by atoms with E-state index in [9.17, 15) is 4.79 Å². The topological polar surface area (TPSA) is 17.1 Å². The predicted octanol–water partition coefficient (Wildman–Crippen LogP) is 7.61.